The van der Waals surface area contributed by atoms with Gasteiger partial charge in [0.25, 0.3) is 0 Å². The number of carboxylic acids is 1. The van der Waals surface area contributed by atoms with Gasteiger partial charge >= 0.3 is 12.0 Å². The molecule has 0 unspecified atom stereocenters. The van der Waals surface area contributed by atoms with Crippen molar-refractivity contribution in [3.05, 3.63) is 27.8 Å². The summed E-state index contributed by atoms with van der Waals surface area (Å²) in [4.78, 5) is 22.9. The summed E-state index contributed by atoms with van der Waals surface area (Å²) in [5.41, 5.74) is 0.489. The van der Waals surface area contributed by atoms with E-state index in [1.807, 2.05) is 13.8 Å². The Morgan fingerprint density at radius 1 is 1.30 bits per heavy atom. The first kappa shape index (κ1) is 16.7. The third kappa shape index (κ3) is 4.97. The van der Waals surface area contributed by atoms with Gasteiger partial charge in [0.15, 0.2) is 6.04 Å². The first-order valence-electron chi connectivity index (χ1n) is 6.08. The molecule has 0 saturated carbocycles. The Bertz CT molecular complexity index is 476. The average molecular weight is 392 g/mol. The molecule has 0 fully saturated rings. The lowest BCUT2D eigenvalue weighted by Gasteiger charge is -2.24. The molecule has 1 rings (SSSR count). The van der Waals surface area contributed by atoms with E-state index in [9.17, 15) is 14.8 Å². The van der Waals surface area contributed by atoms with E-state index >= 15 is 0 Å². The predicted molar refractivity (Wildman–Crippen MR) is 82.7 cm³/mol. The fraction of sp³-hybridized carbons (Fsp3) is 0.385. The molecular weight excluding hydrogens is 375 g/mol. The van der Waals surface area contributed by atoms with Crippen molar-refractivity contribution in [1.82, 2.24) is 5.06 Å². The van der Waals surface area contributed by atoms with Crippen LogP contribution in [0.2, 0.25) is 0 Å². The summed E-state index contributed by atoms with van der Waals surface area (Å²) in [7, 11) is 0. The molecule has 3 N–H and O–H groups in total. The van der Waals surface area contributed by atoms with Crippen LogP contribution in [0.5, 0.6) is 0 Å². The zero-order valence-electron chi connectivity index (χ0n) is 11.2. The number of hydrogen-bond acceptors (Lipinski definition) is 3. The molecule has 2 amide bonds. The standard InChI is InChI=1S/C13H17IN2O4/c1-8(2)7-11(12(17)18)16(20)13(19)15-10-5-3-9(14)4-6-10/h3-6,8,11,20H,7H2,1-2H3,(H,15,19)(H,17,18)/t11-/m0/s1. The highest BCUT2D eigenvalue weighted by Crippen LogP contribution is 2.14. The molecular formula is C13H17IN2O4. The molecule has 0 saturated heterocycles. The lowest BCUT2D eigenvalue weighted by atomic mass is 10.0. The van der Waals surface area contributed by atoms with Crippen molar-refractivity contribution in [2.24, 2.45) is 5.92 Å². The summed E-state index contributed by atoms with van der Waals surface area (Å²) >= 11 is 2.13. The van der Waals surface area contributed by atoms with Crippen LogP contribution in [0.25, 0.3) is 0 Å². The number of nitrogens with zero attached hydrogens (tertiary/aromatic N) is 1. The minimum Gasteiger partial charge on any atom is -0.480 e. The number of halogens is 1. The molecule has 20 heavy (non-hydrogen) atoms. The number of amides is 2. The number of carboxylic acid groups (broad SMARTS) is 1. The molecule has 0 heterocycles. The molecule has 0 aromatic heterocycles. The van der Waals surface area contributed by atoms with Crippen molar-refractivity contribution in [3.63, 3.8) is 0 Å². The van der Waals surface area contributed by atoms with E-state index in [1.54, 1.807) is 24.3 Å². The summed E-state index contributed by atoms with van der Waals surface area (Å²) in [6.07, 6.45) is 0.173. The quantitative estimate of drug-likeness (QED) is 0.408. The first-order valence-corrected chi connectivity index (χ1v) is 7.16. The molecule has 0 bridgehead atoms. The van der Waals surface area contributed by atoms with E-state index in [1.165, 1.54) is 0 Å². The van der Waals surface area contributed by atoms with Gasteiger partial charge in [0.2, 0.25) is 0 Å². The summed E-state index contributed by atoms with van der Waals surface area (Å²) < 4.78 is 1.00. The summed E-state index contributed by atoms with van der Waals surface area (Å²) in [6.45, 7) is 3.64. The van der Waals surface area contributed by atoms with Crippen molar-refractivity contribution in [1.29, 1.82) is 0 Å². The highest BCUT2D eigenvalue weighted by Gasteiger charge is 2.29. The minimum absolute atomic E-state index is 0.0388. The largest absolute Gasteiger partial charge is 0.480 e. The number of hydrogen-bond donors (Lipinski definition) is 3. The number of hydroxylamine groups is 2. The maximum Gasteiger partial charge on any atom is 0.346 e. The molecule has 0 radical (unpaired) electrons. The highest BCUT2D eigenvalue weighted by atomic mass is 127. The average Bonchev–Trinajstić information content (AvgIpc) is 2.37. The van der Waals surface area contributed by atoms with Crippen LogP contribution < -0.4 is 5.32 Å². The van der Waals surface area contributed by atoms with Crippen molar-refractivity contribution in [2.75, 3.05) is 5.32 Å². The molecule has 0 aliphatic carbocycles. The number of benzene rings is 1. The third-order valence-electron chi connectivity index (χ3n) is 2.58. The van der Waals surface area contributed by atoms with Crippen LogP contribution in [-0.4, -0.2) is 33.4 Å². The Morgan fingerprint density at radius 3 is 2.30 bits per heavy atom. The smallest absolute Gasteiger partial charge is 0.346 e. The Morgan fingerprint density at radius 2 is 1.85 bits per heavy atom. The lowest BCUT2D eigenvalue weighted by Crippen LogP contribution is -2.45. The van der Waals surface area contributed by atoms with Gasteiger partial charge in [0.1, 0.15) is 0 Å². The molecule has 7 heteroatoms. The van der Waals surface area contributed by atoms with Crippen LogP contribution in [0.1, 0.15) is 20.3 Å². The Labute approximate surface area is 130 Å². The Kier molecular flexibility index (Phi) is 6.21. The van der Waals surface area contributed by atoms with Crippen molar-refractivity contribution in [3.8, 4) is 0 Å². The minimum atomic E-state index is -1.26. The first-order chi connectivity index (χ1) is 9.31. The Balaban J connectivity index is 2.73. The van der Waals surface area contributed by atoms with E-state index in [-0.39, 0.29) is 17.4 Å². The number of carbonyl (C=O) groups excluding carboxylic acids is 1. The number of nitrogens with one attached hydrogen (secondary N) is 1. The summed E-state index contributed by atoms with van der Waals surface area (Å²) in [5.74, 6) is -1.20. The predicted octanol–water partition coefficient (Wildman–Crippen LogP) is 3.01. The second-order valence-electron chi connectivity index (χ2n) is 4.77. The van der Waals surface area contributed by atoms with E-state index in [0.29, 0.717) is 5.69 Å². The number of urea groups is 1. The molecule has 1 aromatic carbocycles. The van der Waals surface area contributed by atoms with Crippen LogP contribution in [0, 0.1) is 9.49 Å². The zero-order chi connectivity index (χ0) is 15.3. The van der Waals surface area contributed by atoms with Crippen molar-refractivity contribution >= 4 is 40.3 Å². The van der Waals surface area contributed by atoms with Gasteiger partial charge in [-0.1, -0.05) is 13.8 Å². The van der Waals surface area contributed by atoms with Crippen LogP contribution >= 0.6 is 22.6 Å². The highest BCUT2D eigenvalue weighted by molar-refractivity contribution is 14.1. The van der Waals surface area contributed by atoms with Crippen LogP contribution in [0.4, 0.5) is 10.5 Å². The SMILES string of the molecule is CC(C)C[C@@H](C(=O)O)N(O)C(=O)Nc1ccc(I)cc1. The molecule has 6 nitrogen and oxygen atoms in total. The zero-order valence-corrected chi connectivity index (χ0v) is 13.4. The topological polar surface area (TPSA) is 89.9 Å². The number of anilines is 1. The number of rotatable bonds is 5. The van der Waals surface area contributed by atoms with E-state index in [0.717, 1.165) is 3.57 Å². The fourth-order valence-corrected chi connectivity index (χ4v) is 1.97. The van der Waals surface area contributed by atoms with Gasteiger partial charge in [-0.25, -0.2) is 9.59 Å². The molecule has 0 spiro atoms. The van der Waals surface area contributed by atoms with Gasteiger partial charge in [0, 0.05) is 9.26 Å². The molecule has 110 valence electrons. The van der Waals surface area contributed by atoms with Gasteiger partial charge in [-0.15, -0.1) is 0 Å². The molecule has 0 aliphatic rings. The molecule has 1 aromatic rings. The van der Waals surface area contributed by atoms with Crippen LogP contribution in [0.3, 0.4) is 0 Å². The van der Waals surface area contributed by atoms with Crippen LogP contribution in [0.15, 0.2) is 24.3 Å². The molecule has 0 aliphatic heterocycles. The van der Waals surface area contributed by atoms with Crippen LogP contribution in [-0.2, 0) is 4.79 Å². The summed E-state index contributed by atoms with van der Waals surface area (Å²) in [5, 5.41) is 21.5. The summed E-state index contributed by atoms with van der Waals surface area (Å²) in [6, 6.07) is 4.80. The van der Waals surface area contributed by atoms with E-state index in [4.69, 9.17) is 5.11 Å². The Hall–Kier alpha value is -1.35. The number of carbonyl (C=O) groups is 2. The van der Waals surface area contributed by atoms with Gasteiger partial charge < -0.3 is 10.4 Å². The van der Waals surface area contributed by atoms with Gasteiger partial charge in [-0.3, -0.25) is 5.21 Å². The van der Waals surface area contributed by atoms with E-state index in [2.05, 4.69) is 27.9 Å². The normalized spacial score (nSPS) is 12.1. The van der Waals surface area contributed by atoms with E-state index < -0.39 is 18.0 Å². The van der Waals surface area contributed by atoms with Crippen molar-refractivity contribution < 1.29 is 19.9 Å². The van der Waals surface area contributed by atoms with Gasteiger partial charge in [0.05, 0.1) is 0 Å². The lowest BCUT2D eigenvalue weighted by molar-refractivity contribution is -0.157. The van der Waals surface area contributed by atoms with Gasteiger partial charge in [-0.05, 0) is 59.2 Å². The third-order valence-corrected chi connectivity index (χ3v) is 3.30. The fourth-order valence-electron chi connectivity index (χ4n) is 1.61. The van der Waals surface area contributed by atoms with Crippen molar-refractivity contribution in [2.45, 2.75) is 26.3 Å². The number of aliphatic carboxylic acids is 1. The second kappa shape index (κ2) is 7.44. The second-order valence-corrected chi connectivity index (χ2v) is 6.01. The monoisotopic (exact) mass is 392 g/mol. The maximum absolute atomic E-state index is 11.8. The molecule has 1 atom stereocenters. The van der Waals surface area contributed by atoms with Gasteiger partial charge in [-0.2, -0.15) is 5.06 Å². The maximum atomic E-state index is 11.8.